The standard InChI is InChI=1S/C20H25N3O2/c1-21-20(22-12-16-8-3-4-9-17(16)14-24-2)23-13-18-11-15-7-5-6-10-19(15)25-18/h3-10,18H,11-14H2,1-2H3,(H2,21,22,23). The Morgan fingerprint density at radius 2 is 1.88 bits per heavy atom. The van der Waals surface area contributed by atoms with E-state index < -0.39 is 0 Å². The molecule has 132 valence electrons. The Morgan fingerprint density at radius 3 is 2.64 bits per heavy atom. The van der Waals surface area contributed by atoms with Gasteiger partial charge in [0.2, 0.25) is 0 Å². The third-order valence-electron chi connectivity index (χ3n) is 4.30. The molecule has 1 heterocycles. The SMILES string of the molecule is CN=C(NCc1ccccc1COC)NCC1Cc2ccccc2O1. The smallest absolute Gasteiger partial charge is 0.191 e. The number of para-hydroxylation sites is 1. The van der Waals surface area contributed by atoms with Crippen LogP contribution in [0.25, 0.3) is 0 Å². The first kappa shape index (κ1) is 17.3. The predicted octanol–water partition coefficient (Wildman–Crippen LogP) is 2.50. The highest BCUT2D eigenvalue weighted by Crippen LogP contribution is 2.27. The van der Waals surface area contributed by atoms with Crippen molar-refractivity contribution in [2.24, 2.45) is 4.99 Å². The molecule has 1 aliphatic rings. The van der Waals surface area contributed by atoms with E-state index in [1.807, 2.05) is 24.3 Å². The summed E-state index contributed by atoms with van der Waals surface area (Å²) in [5.41, 5.74) is 3.66. The van der Waals surface area contributed by atoms with E-state index in [9.17, 15) is 0 Å². The molecule has 5 heteroatoms. The molecule has 0 spiro atoms. The van der Waals surface area contributed by atoms with Gasteiger partial charge in [-0.1, -0.05) is 42.5 Å². The Kier molecular flexibility index (Phi) is 5.90. The largest absolute Gasteiger partial charge is 0.488 e. The number of guanidine groups is 1. The Bertz CT molecular complexity index is 705. The van der Waals surface area contributed by atoms with Crippen LogP contribution in [-0.2, 0) is 24.3 Å². The van der Waals surface area contributed by atoms with Crippen molar-refractivity contribution in [3.8, 4) is 5.75 Å². The van der Waals surface area contributed by atoms with E-state index in [1.165, 1.54) is 16.7 Å². The van der Waals surface area contributed by atoms with Gasteiger partial charge in [0.25, 0.3) is 0 Å². The second-order valence-electron chi connectivity index (χ2n) is 6.06. The zero-order chi connectivity index (χ0) is 17.5. The molecule has 0 aromatic heterocycles. The van der Waals surface area contributed by atoms with Gasteiger partial charge in [-0.25, -0.2) is 0 Å². The summed E-state index contributed by atoms with van der Waals surface area (Å²) in [6, 6.07) is 16.5. The number of ether oxygens (including phenoxy) is 2. The number of benzene rings is 2. The molecule has 5 nitrogen and oxygen atoms in total. The van der Waals surface area contributed by atoms with Gasteiger partial charge in [0.1, 0.15) is 11.9 Å². The summed E-state index contributed by atoms with van der Waals surface area (Å²) in [5.74, 6) is 1.76. The molecule has 1 aliphatic heterocycles. The zero-order valence-corrected chi connectivity index (χ0v) is 14.8. The summed E-state index contributed by atoms with van der Waals surface area (Å²) in [4.78, 5) is 4.30. The van der Waals surface area contributed by atoms with Gasteiger partial charge in [0.05, 0.1) is 13.2 Å². The van der Waals surface area contributed by atoms with E-state index in [0.29, 0.717) is 19.7 Å². The summed E-state index contributed by atoms with van der Waals surface area (Å²) in [6.45, 7) is 2.02. The highest BCUT2D eigenvalue weighted by Gasteiger charge is 2.22. The van der Waals surface area contributed by atoms with Crippen LogP contribution in [0.2, 0.25) is 0 Å². The van der Waals surface area contributed by atoms with Crippen molar-refractivity contribution in [1.82, 2.24) is 10.6 Å². The van der Waals surface area contributed by atoms with E-state index in [0.717, 1.165) is 18.1 Å². The first-order valence-electron chi connectivity index (χ1n) is 8.55. The van der Waals surface area contributed by atoms with Crippen molar-refractivity contribution in [1.29, 1.82) is 0 Å². The third-order valence-corrected chi connectivity index (χ3v) is 4.30. The van der Waals surface area contributed by atoms with Crippen molar-refractivity contribution in [2.75, 3.05) is 20.7 Å². The fourth-order valence-electron chi connectivity index (χ4n) is 3.00. The third kappa shape index (κ3) is 4.51. The number of nitrogens with zero attached hydrogens (tertiary/aromatic N) is 1. The monoisotopic (exact) mass is 339 g/mol. The van der Waals surface area contributed by atoms with Crippen LogP contribution in [0, 0.1) is 0 Å². The van der Waals surface area contributed by atoms with Gasteiger partial charge in [0.15, 0.2) is 5.96 Å². The Balaban J connectivity index is 1.50. The summed E-state index contributed by atoms with van der Waals surface area (Å²) in [7, 11) is 3.49. The normalized spacial score (nSPS) is 16.2. The molecule has 0 amide bonds. The number of methoxy groups -OCH3 is 1. The van der Waals surface area contributed by atoms with Crippen LogP contribution in [0.5, 0.6) is 5.75 Å². The molecule has 2 aromatic rings. The fraction of sp³-hybridized carbons (Fsp3) is 0.350. The van der Waals surface area contributed by atoms with Gasteiger partial charge >= 0.3 is 0 Å². The van der Waals surface area contributed by atoms with Crippen molar-refractivity contribution in [3.05, 3.63) is 65.2 Å². The molecule has 1 unspecified atom stereocenters. The number of fused-ring (bicyclic) bond motifs is 1. The number of hydrogen-bond donors (Lipinski definition) is 2. The van der Waals surface area contributed by atoms with Gasteiger partial charge < -0.3 is 20.1 Å². The van der Waals surface area contributed by atoms with Gasteiger partial charge in [-0.3, -0.25) is 4.99 Å². The van der Waals surface area contributed by atoms with Gasteiger partial charge in [-0.05, 0) is 22.8 Å². The van der Waals surface area contributed by atoms with E-state index in [4.69, 9.17) is 9.47 Å². The molecule has 0 fully saturated rings. The topological polar surface area (TPSA) is 54.9 Å². The number of nitrogens with one attached hydrogen (secondary N) is 2. The highest BCUT2D eigenvalue weighted by atomic mass is 16.5. The van der Waals surface area contributed by atoms with Crippen molar-refractivity contribution in [2.45, 2.75) is 25.7 Å². The van der Waals surface area contributed by atoms with Crippen molar-refractivity contribution < 1.29 is 9.47 Å². The van der Waals surface area contributed by atoms with Gasteiger partial charge in [0, 0.05) is 27.1 Å². The minimum Gasteiger partial charge on any atom is -0.488 e. The summed E-state index contributed by atoms with van der Waals surface area (Å²) in [5, 5.41) is 6.71. The quantitative estimate of drug-likeness (QED) is 0.627. The average molecular weight is 339 g/mol. The number of aliphatic imine (C=N–C) groups is 1. The maximum atomic E-state index is 5.95. The number of rotatable bonds is 6. The van der Waals surface area contributed by atoms with Crippen LogP contribution in [0.1, 0.15) is 16.7 Å². The summed E-state index contributed by atoms with van der Waals surface area (Å²) in [6.07, 6.45) is 1.06. The predicted molar refractivity (Wildman–Crippen MR) is 99.9 cm³/mol. The minimum atomic E-state index is 0.136. The molecule has 0 bridgehead atoms. The molecule has 2 aromatic carbocycles. The lowest BCUT2D eigenvalue weighted by Gasteiger charge is -2.16. The molecule has 0 radical (unpaired) electrons. The van der Waals surface area contributed by atoms with Crippen LogP contribution in [0.15, 0.2) is 53.5 Å². The lowest BCUT2D eigenvalue weighted by Crippen LogP contribution is -2.42. The zero-order valence-electron chi connectivity index (χ0n) is 14.8. The Morgan fingerprint density at radius 1 is 1.12 bits per heavy atom. The summed E-state index contributed by atoms with van der Waals surface area (Å²) < 4.78 is 11.2. The number of hydrogen-bond acceptors (Lipinski definition) is 3. The minimum absolute atomic E-state index is 0.136. The Hall–Kier alpha value is -2.53. The van der Waals surface area contributed by atoms with Crippen LogP contribution in [-0.4, -0.2) is 32.8 Å². The molecule has 0 aliphatic carbocycles. The van der Waals surface area contributed by atoms with Crippen LogP contribution in [0.3, 0.4) is 0 Å². The van der Waals surface area contributed by atoms with E-state index in [1.54, 1.807) is 14.2 Å². The molecule has 3 rings (SSSR count). The molecule has 0 saturated carbocycles. The second-order valence-corrected chi connectivity index (χ2v) is 6.06. The molecule has 1 atom stereocenters. The Labute approximate surface area is 149 Å². The molecule has 0 saturated heterocycles. The van der Waals surface area contributed by atoms with Crippen LogP contribution < -0.4 is 15.4 Å². The maximum absolute atomic E-state index is 5.95. The van der Waals surface area contributed by atoms with Crippen LogP contribution in [0.4, 0.5) is 0 Å². The summed E-state index contributed by atoms with van der Waals surface area (Å²) >= 11 is 0. The second kappa shape index (κ2) is 8.53. The van der Waals surface area contributed by atoms with E-state index >= 15 is 0 Å². The van der Waals surface area contributed by atoms with E-state index in [2.05, 4.69) is 39.9 Å². The lowest BCUT2D eigenvalue weighted by molar-refractivity contribution is 0.184. The maximum Gasteiger partial charge on any atom is 0.191 e. The van der Waals surface area contributed by atoms with Crippen molar-refractivity contribution in [3.63, 3.8) is 0 Å². The molecule has 25 heavy (non-hydrogen) atoms. The van der Waals surface area contributed by atoms with E-state index in [-0.39, 0.29) is 6.10 Å². The first-order valence-corrected chi connectivity index (χ1v) is 8.55. The lowest BCUT2D eigenvalue weighted by atomic mass is 10.1. The van der Waals surface area contributed by atoms with Crippen molar-refractivity contribution >= 4 is 5.96 Å². The highest BCUT2D eigenvalue weighted by molar-refractivity contribution is 5.79. The average Bonchev–Trinajstić information content (AvgIpc) is 3.06. The molecular formula is C20H25N3O2. The molecular weight excluding hydrogens is 314 g/mol. The molecule has 2 N–H and O–H groups in total. The fourth-order valence-corrected chi connectivity index (χ4v) is 3.00. The van der Waals surface area contributed by atoms with Gasteiger partial charge in [-0.15, -0.1) is 0 Å². The van der Waals surface area contributed by atoms with Crippen LogP contribution >= 0.6 is 0 Å². The first-order chi connectivity index (χ1) is 12.3. The van der Waals surface area contributed by atoms with Gasteiger partial charge in [-0.2, -0.15) is 0 Å².